The van der Waals surface area contributed by atoms with Crippen LogP contribution in [-0.4, -0.2) is 18.4 Å². The van der Waals surface area contributed by atoms with E-state index in [0.29, 0.717) is 10.9 Å². The van der Waals surface area contributed by atoms with E-state index < -0.39 is 10.0 Å². The van der Waals surface area contributed by atoms with Crippen molar-refractivity contribution in [3.63, 3.8) is 0 Å². The van der Waals surface area contributed by atoms with Gasteiger partial charge in [-0.25, -0.2) is 18.5 Å². The smallest absolute Gasteiger partial charge is 0.258 e. The molecule has 3 N–H and O–H groups in total. The zero-order valence-electron chi connectivity index (χ0n) is 7.47. The molecular formula is C8H7N3O3S. The van der Waals surface area contributed by atoms with E-state index in [1.54, 1.807) is 0 Å². The highest BCUT2D eigenvalue weighted by Gasteiger charge is 2.09. The molecule has 0 fully saturated rings. The maximum Gasteiger partial charge on any atom is 0.258 e. The number of H-pyrrole nitrogens is 1. The number of nitrogens with two attached hydrogens (primary N) is 1. The molecule has 78 valence electrons. The highest BCUT2D eigenvalue weighted by atomic mass is 32.2. The fourth-order valence-electron chi connectivity index (χ4n) is 1.23. The van der Waals surface area contributed by atoms with Crippen molar-refractivity contribution < 1.29 is 8.42 Å². The summed E-state index contributed by atoms with van der Waals surface area (Å²) >= 11 is 0. The second kappa shape index (κ2) is 3.14. The molecule has 0 spiro atoms. The van der Waals surface area contributed by atoms with Gasteiger partial charge in [-0.2, -0.15) is 0 Å². The SMILES string of the molecule is NS(=O)(=O)c1ccc2c(=O)[nH]cnc2c1. The van der Waals surface area contributed by atoms with Crippen molar-refractivity contribution in [1.29, 1.82) is 0 Å². The lowest BCUT2D eigenvalue weighted by molar-refractivity contribution is 0.598. The predicted molar refractivity (Wildman–Crippen MR) is 53.7 cm³/mol. The first-order valence-electron chi connectivity index (χ1n) is 3.99. The Morgan fingerprint density at radius 1 is 1.33 bits per heavy atom. The summed E-state index contributed by atoms with van der Waals surface area (Å²) in [6.07, 6.45) is 1.21. The lowest BCUT2D eigenvalue weighted by atomic mass is 10.2. The summed E-state index contributed by atoms with van der Waals surface area (Å²) in [5.74, 6) is 0. The zero-order valence-corrected chi connectivity index (χ0v) is 8.28. The molecule has 0 unspecified atom stereocenters. The van der Waals surface area contributed by atoms with E-state index in [4.69, 9.17) is 5.14 Å². The number of benzene rings is 1. The lowest BCUT2D eigenvalue weighted by Gasteiger charge is -1.99. The Hall–Kier alpha value is -1.73. The van der Waals surface area contributed by atoms with Gasteiger partial charge in [0, 0.05) is 0 Å². The summed E-state index contributed by atoms with van der Waals surface area (Å²) in [7, 11) is -3.76. The second-order valence-corrected chi connectivity index (χ2v) is 4.52. The number of rotatable bonds is 1. The normalized spacial score (nSPS) is 11.8. The molecule has 1 aromatic carbocycles. The second-order valence-electron chi connectivity index (χ2n) is 2.96. The maximum atomic E-state index is 11.3. The van der Waals surface area contributed by atoms with Crippen molar-refractivity contribution in [3.8, 4) is 0 Å². The van der Waals surface area contributed by atoms with Gasteiger partial charge in [-0.1, -0.05) is 0 Å². The van der Waals surface area contributed by atoms with Crippen LogP contribution in [0, 0.1) is 0 Å². The predicted octanol–water partition coefficient (Wildman–Crippen LogP) is -0.430. The van der Waals surface area contributed by atoms with Crippen molar-refractivity contribution in [2.45, 2.75) is 4.90 Å². The molecule has 7 heteroatoms. The third-order valence-electron chi connectivity index (χ3n) is 1.94. The zero-order chi connectivity index (χ0) is 11.1. The minimum absolute atomic E-state index is 0.0619. The van der Waals surface area contributed by atoms with Gasteiger partial charge in [-0.3, -0.25) is 4.79 Å². The van der Waals surface area contributed by atoms with Crippen LogP contribution < -0.4 is 10.7 Å². The van der Waals surface area contributed by atoms with Crippen LogP contribution >= 0.6 is 0 Å². The molecule has 1 heterocycles. The van der Waals surface area contributed by atoms with E-state index >= 15 is 0 Å². The highest BCUT2D eigenvalue weighted by molar-refractivity contribution is 7.89. The van der Waals surface area contributed by atoms with E-state index in [1.165, 1.54) is 24.5 Å². The van der Waals surface area contributed by atoms with Gasteiger partial charge in [0.05, 0.1) is 22.1 Å². The Morgan fingerprint density at radius 3 is 2.73 bits per heavy atom. The Morgan fingerprint density at radius 2 is 2.07 bits per heavy atom. The number of nitrogens with zero attached hydrogens (tertiary/aromatic N) is 1. The molecule has 0 aliphatic rings. The average molecular weight is 225 g/mol. The van der Waals surface area contributed by atoms with Crippen molar-refractivity contribution in [2.24, 2.45) is 5.14 Å². The largest absolute Gasteiger partial charge is 0.313 e. The molecule has 15 heavy (non-hydrogen) atoms. The Kier molecular flexibility index (Phi) is 2.06. The molecule has 0 saturated carbocycles. The van der Waals surface area contributed by atoms with Gasteiger partial charge in [-0.05, 0) is 18.2 Å². The molecular weight excluding hydrogens is 218 g/mol. The van der Waals surface area contributed by atoms with Gasteiger partial charge in [0.2, 0.25) is 10.0 Å². The van der Waals surface area contributed by atoms with Crippen LogP contribution in [0.4, 0.5) is 0 Å². The topological polar surface area (TPSA) is 106 Å². The van der Waals surface area contributed by atoms with Crippen LogP contribution in [0.25, 0.3) is 10.9 Å². The standard InChI is InChI=1S/C8H7N3O3S/c9-15(13,14)5-1-2-6-7(3-5)10-4-11-8(6)12/h1-4H,(H2,9,13,14)(H,10,11,12). The van der Waals surface area contributed by atoms with Gasteiger partial charge in [-0.15, -0.1) is 0 Å². The van der Waals surface area contributed by atoms with Gasteiger partial charge >= 0.3 is 0 Å². The molecule has 0 aliphatic heterocycles. The third kappa shape index (κ3) is 1.74. The summed E-state index contributed by atoms with van der Waals surface area (Å²) in [6, 6.07) is 3.91. The molecule has 0 radical (unpaired) electrons. The van der Waals surface area contributed by atoms with Gasteiger partial charge < -0.3 is 4.98 Å². The van der Waals surface area contributed by atoms with Crippen molar-refractivity contribution in [3.05, 3.63) is 34.9 Å². The summed E-state index contributed by atoms with van der Waals surface area (Å²) in [6.45, 7) is 0. The summed E-state index contributed by atoms with van der Waals surface area (Å²) in [4.78, 5) is 17.4. The average Bonchev–Trinajstić information content (AvgIpc) is 2.16. The van der Waals surface area contributed by atoms with E-state index in [0.717, 1.165) is 0 Å². The minimum atomic E-state index is -3.76. The van der Waals surface area contributed by atoms with Crippen molar-refractivity contribution in [2.75, 3.05) is 0 Å². The number of sulfonamides is 1. The molecule has 6 nitrogen and oxygen atoms in total. The molecule has 2 aromatic rings. The van der Waals surface area contributed by atoms with Gasteiger partial charge in [0.15, 0.2) is 0 Å². The molecule has 1 aromatic heterocycles. The number of hydrogen-bond acceptors (Lipinski definition) is 4. The van der Waals surface area contributed by atoms with Crippen LogP contribution in [0.1, 0.15) is 0 Å². The Bertz CT molecular complexity index is 675. The van der Waals surface area contributed by atoms with Crippen LogP contribution in [0.5, 0.6) is 0 Å². The van der Waals surface area contributed by atoms with E-state index in [-0.39, 0.29) is 10.5 Å². The lowest BCUT2D eigenvalue weighted by Crippen LogP contribution is -2.13. The number of fused-ring (bicyclic) bond motifs is 1. The number of primary sulfonamides is 1. The van der Waals surface area contributed by atoms with Crippen LogP contribution in [0.3, 0.4) is 0 Å². The summed E-state index contributed by atoms with van der Waals surface area (Å²) in [5.41, 5.74) is -0.0220. The van der Waals surface area contributed by atoms with Crippen LogP contribution in [-0.2, 0) is 10.0 Å². The molecule has 0 atom stereocenters. The van der Waals surface area contributed by atoms with Crippen LogP contribution in [0.15, 0.2) is 34.2 Å². The third-order valence-corrected chi connectivity index (χ3v) is 2.85. The quantitative estimate of drug-likeness (QED) is 0.686. The van der Waals surface area contributed by atoms with Crippen molar-refractivity contribution in [1.82, 2.24) is 9.97 Å². The number of aromatic amines is 1. The van der Waals surface area contributed by atoms with Gasteiger partial charge in [0.25, 0.3) is 5.56 Å². The fourth-order valence-corrected chi connectivity index (χ4v) is 1.76. The molecule has 0 amide bonds. The first-order valence-corrected chi connectivity index (χ1v) is 5.53. The highest BCUT2D eigenvalue weighted by Crippen LogP contribution is 2.12. The number of hydrogen-bond donors (Lipinski definition) is 2. The van der Waals surface area contributed by atoms with Crippen LogP contribution in [0.2, 0.25) is 0 Å². The Labute approximate surface area is 84.8 Å². The van der Waals surface area contributed by atoms with Crippen molar-refractivity contribution >= 4 is 20.9 Å². The summed E-state index contributed by atoms with van der Waals surface area (Å²) < 4.78 is 22.1. The number of aromatic nitrogens is 2. The summed E-state index contributed by atoms with van der Waals surface area (Å²) in [5, 5.41) is 5.27. The maximum absolute atomic E-state index is 11.3. The molecule has 0 bridgehead atoms. The Balaban J connectivity index is 2.85. The first kappa shape index (κ1) is 9.81. The minimum Gasteiger partial charge on any atom is -0.313 e. The van der Waals surface area contributed by atoms with E-state index in [9.17, 15) is 13.2 Å². The fraction of sp³-hybridized carbons (Fsp3) is 0. The van der Waals surface area contributed by atoms with E-state index in [1.807, 2.05) is 0 Å². The first-order chi connectivity index (χ1) is 6.98. The number of nitrogens with one attached hydrogen (secondary N) is 1. The molecule has 0 aliphatic carbocycles. The monoisotopic (exact) mass is 225 g/mol. The molecule has 0 saturated heterocycles. The van der Waals surface area contributed by atoms with E-state index in [2.05, 4.69) is 9.97 Å². The van der Waals surface area contributed by atoms with Gasteiger partial charge in [0.1, 0.15) is 0 Å². The molecule has 2 rings (SSSR count).